The SMILES string of the molecule is CC.CCc1cc(N2CCC(O)CC2)cc(C(F)(F)F)c1. The van der Waals surface area contributed by atoms with E-state index in [9.17, 15) is 18.3 Å². The van der Waals surface area contributed by atoms with E-state index in [4.69, 9.17) is 0 Å². The molecule has 1 aliphatic rings. The third kappa shape index (κ3) is 4.92. The summed E-state index contributed by atoms with van der Waals surface area (Å²) in [4.78, 5) is 1.92. The molecule has 0 saturated carbocycles. The van der Waals surface area contributed by atoms with Crippen LogP contribution in [0, 0.1) is 0 Å². The summed E-state index contributed by atoms with van der Waals surface area (Å²) in [5.41, 5.74) is 0.711. The molecule has 2 nitrogen and oxygen atoms in total. The van der Waals surface area contributed by atoms with E-state index >= 15 is 0 Å². The van der Waals surface area contributed by atoms with Gasteiger partial charge in [-0.05, 0) is 43.0 Å². The Morgan fingerprint density at radius 3 is 2.19 bits per heavy atom. The van der Waals surface area contributed by atoms with Crippen LogP contribution in [0.4, 0.5) is 18.9 Å². The fourth-order valence-corrected chi connectivity index (χ4v) is 2.35. The minimum atomic E-state index is -4.31. The average Bonchev–Trinajstić information content (AvgIpc) is 2.48. The largest absolute Gasteiger partial charge is 0.416 e. The van der Waals surface area contributed by atoms with Crippen molar-refractivity contribution in [3.8, 4) is 0 Å². The lowest BCUT2D eigenvalue weighted by atomic mass is 10.0. The number of aliphatic hydroxyl groups is 1. The Balaban J connectivity index is 0.00000106. The van der Waals surface area contributed by atoms with Gasteiger partial charge in [0.2, 0.25) is 0 Å². The van der Waals surface area contributed by atoms with E-state index in [0.29, 0.717) is 43.6 Å². The second kappa shape index (κ2) is 7.69. The molecule has 1 N–H and O–H groups in total. The molecule has 5 heteroatoms. The molecule has 1 aromatic carbocycles. The third-order valence-corrected chi connectivity index (χ3v) is 3.54. The topological polar surface area (TPSA) is 23.5 Å². The van der Waals surface area contributed by atoms with E-state index in [-0.39, 0.29) is 6.10 Å². The van der Waals surface area contributed by atoms with Crippen molar-refractivity contribution in [2.24, 2.45) is 0 Å². The number of halogens is 3. The molecule has 0 amide bonds. The lowest BCUT2D eigenvalue weighted by Crippen LogP contribution is -2.36. The Kier molecular flexibility index (Phi) is 6.52. The zero-order chi connectivity index (χ0) is 16.0. The Bertz CT molecular complexity index is 438. The smallest absolute Gasteiger partial charge is 0.393 e. The molecule has 0 unspecified atom stereocenters. The Morgan fingerprint density at radius 1 is 1.14 bits per heavy atom. The first-order valence-electron chi connectivity index (χ1n) is 7.54. The number of nitrogens with zero attached hydrogens (tertiary/aromatic N) is 1. The predicted molar refractivity (Wildman–Crippen MR) is 79.6 cm³/mol. The third-order valence-electron chi connectivity index (χ3n) is 3.54. The number of piperidine rings is 1. The van der Waals surface area contributed by atoms with Crippen LogP contribution < -0.4 is 4.90 Å². The van der Waals surface area contributed by atoms with Gasteiger partial charge in [-0.3, -0.25) is 0 Å². The van der Waals surface area contributed by atoms with Crippen molar-refractivity contribution in [3.63, 3.8) is 0 Å². The number of aryl methyl sites for hydroxylation is 1. The van der Waals surface area contributed by atoms with E-state index < -0.39 is 11.7 Å². The van der Waals surface area contributed by atoms with Gasteiger partial charge in [0.05, 0.1) is 11.7 Å². The van der Waals surface area contributed by atoms with Crippen LogP contribution in [0.3, 0.4) is 0 Å². The Morgan fingerprint density at radius 2 is 1.71 bits per heavy atom. The predicted octanol–water partition coefficient (Wildman–Crippen LogP) is 4.26. The van der Waals surface area contributed by atoms with E-state index in [0.717, 1.165) is 0 Å². The molecule has 0 radical (unpaired) electrons. The van der Waals surface area contributed by atoms with Gasteiger partial charge in [0.1, 0.15) is 0 Å². The summed E-state index contributed by atoms with van der Waals surface area (Å²) in [5, 5.41) is 9.45. The zero-order valence-electron chi connectivity index (χ0n) is 12.9. The standard InChI is InChI=1S/C14H18F3NO.C2H6/c1-2-10-7-11(14(15,16)17)9-12(8-10)18-5-3-13(19)4-6-18;1-2/h7-9,13,19H,2-6H2,1H3;1-2H3. The molecule has 0 aromatic heterocycles. The fraction of sp³-hybridized carbons (Fsp3) is 0.625. The number of benzene rings is 1. The van der Waals surface area contributed by atoms with Crippen molar-refractivity contribution in [2.75, 3.05) is 18.0 Å². The van der Waals surface area contributed by atoms with Crippen LogP contribution in [0.1, 0.15) is 44.7 Å². The lowest BCUT2D eigenvalue weighted by Gasteiger charge is -2.32. The molecule has 0 spiro atoms. The van der Waals surface area contributed by atoms with Crippen molar-refractivity contribution in [1.82, 2.24) is 0 Å². The van der Waals surface area contributed by atoms with Gasteiger partial charge in [-0.25, -0.2) is 0 Å². The van der Waals surface area contributed by atoms with Crippen LogP contribution in [0.5, 0.6) is 0 Å². The van der Waals surface area contributed by atoms with Gasteiger partial charge in [0.15, 0.2) is 0 Å². The molecule has 1 aliphatic heterocycles. The van der Waals surface area contributed by atoms with E-state index in [2.05, 4.69) is 0 Å². The minimum Gasteiger partial charge on any atom is -0.393 e. The van der Waals surface area contributed by atoms with Gasteiger partial charge in [-0.1, -0.05) is 20.8 Å². The van der Waals surface area contributed by atoms with Crippen LogP contribution in [-0.4, -0.2) is 24.3 Å². The number of aliphatic hydroxyl groups excluding tert-OH is 1. The highest BCUT2D eigenvalue weighted by Crippen LogP contribution is 2.33. The first-order valence-corrected chi connectivity index (χ1v) is 7.54. The number of hydrogen-bond donors (Lipinski definition) is 1. The summed E-state index contributed by atoms with van der Waals surface area (Å²) in [5.74, 6) is 0. The maximum Gasteiger partial charge on any atom is 0.416 e. The molecular weight excluding hydrogens is 279 g/mol. The second-order valence-electron chi connectivity index (χ2n) is 4.96. The molecule has 21 heavy (non-hydrogen) atoms. The molecule has 2 rings (SSSR count). The summed E-state index contributed by atoms with van der Waals surface area (Å²) < 4.78 is 38.6. The Hall–Kier alpha value is -1.23. The van der Waals surface area contributed by atoms with Gasteiger partial charge in [0, 0.05) is 18.8 Å². The number of rotatable bonds is 2. The quantitative estimate of drug-likeness (QED) is 0.882. The Labute approximate surface area is 124 Å². The van der Waals surface area contributed by atoms with Crippen LogP contribution in [-0.2, 0) is 12.6 Å². The first-order chi connectivity index (χ1) is 9.90. The highest BCUT2D eigenvalue weighted by Gasteiger charge is 2.31. The van der Waals surface area contributed by atoms with Gasteiger partial charge in [0.25, 0.3) is 0 Å². The van der Waals surface area contributed by atoms with Crippen molar-refractivity contribution < 1.29 is 18.3 Å². The number of anilines is 1. The van der Waals surface area contributed by atoms with Crippen molar-refractivity contribution >= 4 is 5.69 Å². The van der Waals surface area contributed by atoms with Gasteiger partial charge in [-0.2, -0.15) is 13.2 Å². The van der Waals surface area contributed by atoms with E-state index in [1.54, 1.807) is 0 Å². The molecule has 0 bridgehead atoms. The van der Waals surface area contributed by atoms with Crippen molar-refractivity contribution in [1.29, 1.82) is 0 Å². The molecular formula is C16H24F3NO. The highest BCUT2D eigenvalue weighted by molar-refractivity contribution is 5.52. The molecule has 120 valence electrons. The minimum absolute atomic E-state index is 0.326. The average molecular weight is 303 g/mol. The van der Waals surface area contributed by atoms with Crippen LogP contribution in [0.25, 0.3) is 0 Å². The highest BCUT2D eigenvalue weighted by atomic mass is 19.4. The summed E-state index contributed by atoms with van der Waals surface area (Å²) in [6, 6.07) is 4.23. The molecule has 1 aromatic rings. The second-order valence-corrected chi connectivity index (χ2v) is 4.96. The molecule has 0 aliphatic carbocycles. The monoisotopic (exact) mass is 303 g/mol. The van der Waals surface area contributed by atoms with Crippen LogP contribution >= 0.6 is 0 Å². The summed E-state index contributed by atoms with van der Waals surface area (Å²) in [6.45, 7) is 7.05. The summed E-state index contributed by atoms with van der Waals surface area (Å²) >= 11 is 0. The van der Waals surface area contributed by atoms with E-state index in [1.807, 2.05) is 31.7 Å². The maximum atomic E-state index is 12.9. The number of alkyl halides is 3. The van der Waals surface area contributed by atoms with Gasteiger partial charge >= 0.3 is 6.18 Å². The molecule has 1 heterocycles. The van der Waals surface area contributed by atoms with Crippen molar-refractivity contribution in [3.05, 3.63) is 29.3 Å². The van der Waals surface area contributed by atoms with Crippen LogP contribution in [0.2, 0.25) is 0 Å². The fourth-order valence-electron chi connectivity index (χ4n) is 2.35. The molecule has 1 fully saturated rings. The number of hydrogen-bond acceptors (Lipinski definition) is 2. The normalized spacial score (nSPS) is 16.4. The van der Waals surface area contributed by atoms with E-state index in [1.165, 1.54) is 12.1 Å². The molecule has 1 saturated heterocycles. The first kappa shape index (κ1) is 17.8. The van der Waals surface area contributed by atoms with Crippen molar-refractivity contribution in [2.45, 2.75) is 52.3 Å². The summed E-state index contributed by atoms with van der Waals surface area (Å²) in [6.07, 6.45) is -2.84. The maximum absolute atomic E-state index is 12.9. The zero-order valence-corrected chi connectivity index (χ0v) is 12.9. The summed E-state index contributed by atoms with van der Waals surface area (Å²) in [7, 11) is 0. The molecule has 0 atom stereocenters. The van der Waals surface area contributed by atoms with Gasteiger partial charge in [-0.15, -0.1) is 0 Å². The lowest BCUT2D eigenvalue weighted by molar-refractivity contribution is -0.137. The van der Waals surface area contributed by atoms with Crippen LogP contribution in [0.15, 0.2) is 18.2 Å². The van der Waals surface area contributed by atoms with Gasteiger partial charge < -0.3 is 10.0 Å².